The molecule has 0 aromatic heterocycles. The third kappa shape index (κ3) is 2.42. The summed E-state index contributed by atoms with van der Waals surface area (Å²) in [6, 6.07) is 7.81. The van der Waals surface area contributed by atoms with Crippen LogP contribution in [0.25, 0.3) is 0 Å². The predicted octanol–water partition coefficient (Wildman–Crippen LogP) is 1.74. The highest BCUT2D eigenvalue weighted by molar-refractivity contribution is 5.28. The van der Waals surface area contributed by atoms with Crippen molar-refractivity contribution in [2.24, 2.45) is 5.73 Å². The Morgan fingerprint density at radius 1 is 1.19 bits per heavy atom. The van der Waals surface area contributed by atoms with E-state index < -0.39 is 5.67 Å². The summed E-state index contributed by atoms with van der Waals surface area (Å²) < 4.78 is 14.6. The fourth-order valence-electron chi connectivity index (χ4n) is 2.25. The molecule has 0 radical (unpaired) electrons. The van der Waals surface area contributed by atoms with Gasteiger partial charge < -0.3 is 11.1 Å². The van der Waals surface area contributed by atoms with Crippen molar-refractivity contribution in [2.75, 3.05) is 19.6 Å². The topological polar surface area (TPSA) is 38.0 Å². The number of hydrogen-bond acceptors (Lipinski definition) is 2. The molecular weight excluding hydrogens is 203 g/mol. The summed E-state index contributed by atoms with van der Waals surface area (Å²) in [5.74, 6) is 0. The van der Waals surface area contributed by atoms with Gasteiger partial charge in [-0.3, -0.25) is 0 Å². The van der Waals surface area contributed by atoms with E-state index in [0.29, 0.717) is 19.4 Å². The molecular formula is C13H19FN2. The van der Waals surface area contributed by atoms with Crippen LogP contribution in [0.4, 0.5) is 4.39 Å². The summed E-state index contributed by atoms with van der Waals surface area (Å²) in [6.45, 7) is 2.17. The standard InChI is InChI=1S/C13H19FN2/c14-13(6-9-16-10-7-13)12-3-1-11(2-4-12)5-8-15/h1-4,16H,5-10,15H2. The summed E-state index contributed by atoms with van der Waals surface area (Å²) in [5, 5.41) is 3.18. The zero-order chi connectivity index (χ0) is 11.4. The molecule has 3 heteroatoms. The molecule has 0 bridgehead atoms. The first kappa shape index (κ1) is 11.6. The van der Waals surface area contributed by atoms with Crippen molar-refractivity contribution in [2.45, 2.75) is 24.9 Å². The Morgan fingerprint density at radius 3 is 2.38 bits per heavy atom. The van der Waals surface area contributed by atoms with Crippen molar-refractivity contribution in [1.29, 1.82) is 0 Å². The van der Waals surface area contributed by atoms with Crippen molar-refractivity contribution in [3.8, 4) is 0 Å². The van der Waals surface area contributed by atoms with Crippen molar-refractivity contribution in [1.82, 2.24) is 5.32 Å². The summed E-state index contributed by atoms with van der Waals surface area (Å²) in [4.78, 5) is 0. The molecule has 0 spiro atoms. The molecule has 0 amide bonds. The van der Waals surface area contributed by atoms with Gasteiger partial charge in [0.05, 0.1) is 0 Å². The number of piperidine rings is 1. The number of rotatable bonds is 3. The maximum atomic E-state index is 14.6. The first-order valence-corrected chi connectivity index (χ1v) is 5.94. The largest absolute Gasteiger partial charge is 0.330 e. The molecule has 0 unspecified atom stereocenters. The van der Waals surface area contributed by atoms with Gasteiger partial charge in [0.1, 0.15) is 5.67 Å². The van der Waals surface area contributed by atoms with Gasteiger partial charge in [-0.15, -0.1) is 0 Å². The van der Waals surface area contributed by atoms with Gasteiger partial charge in [-0.1, -0.05) is 24.3 Å². The van der Waals surface area contributed by atoms with E-state index in [4.69, 9.17) is 5.73 Å². The van der Waals surface area contributed by atoms with E-state index >= 15 is 0 Å². The number of hydrogen-bond donors (Lipinski definition) is 2. The molecule has 1 aliphatic heterocycles. The first-order chi connectivity index (χ1) is 7.74. The fourth-order valence-corrected chi connectivity index (χ4v) is 2.25. The second-order valence-corrected chi connectivity index (χ2v) is 4.45. The van der Waals surface area contributed by atoms with Crippen molar-refractivity contribution >= 4 is 0 Å². The van der Waals surface area contributed by atoms with E-state index in [1.165, 1.54) is 5.56 Å². The number of nitrogens with two attached hydrogens (primary N) is 1. The van der Waals surface area contributed by atoms with Crippen LogP contribution in [-0.2, 0) is 12.1 Å². The molecule has 0 atom stereocenters. The van der Waals surface area contributed by atoms with Crippen LogP contribution in [0, 0.1) is 0 Å². The van der Waals surface area contributed by atoms with Gasteiger partial charge in [-0.25, -0.2) is 4.39 Å². The first-order valence-electron chi connectivity index (χ1n) is 5.94. The molecule has 1 heterocycles. The normalized spacial score (nSPS) is 19.6. The van der Waals surface area contributed by atoms with E-state index in [9.17, 15) is 4.39 Å². The number of nitrogens with one attached hydrogen (secondary N) is 1. The minimum Gasteiger partial charge on any atom is -0.330 e. The summed E-state index contributed by atoms with van der Waals surface area (Å²) in [6.07, 6.45) is 2.01. The summed E-state index contributed by atoms with van der Waals surface area (Å²) in [5.41, 5.74) is 6.35. The van der Waals surface area contributed by atoms with Gasteiger partial charge in [0, 0.05) is 0 Å². The predicted molar refractivity (Wildman–Crippen MR) is 64.1 cm³/mol. The number of benzene rings is 1. The van der Waals surface area contributed by atoms with Gasteiger partial charge in [0.2, 0.25) is 0 Å². The highest BCUT2D eigenvalue weighted by Gasteiger charge is 2.33. The molecule has 1 aromatic rings. The van der Waals surface area contributed by atoms with E-state index in [1.54, 1.807) is 0 Å². The van der Waals surface area contributed by atoms with Gasteiger partial charge in [0.25, 0.3) is 0 Å². The zero-order valence-corrected chi connectivity index (χ0v) is 9.51. The second kappa shape index (κ2) is 4.93. The Kier molecular flexibility index (Phi) is 3.56. The Morgan fingerprint density at radius 2 is 1.81 bits per heavy atom. The minimum atomic E-state index is -1.13. The maximum Gasteiger partial charge on any atom is 0.138 e. The number of halogens is 1. The lowest BCUT2D eigenvalue weighted by atomic mass is 9.86. The maximum absolute atomic E-state index is 14.6. The van der Waals surface area contributed by atoms with Crippen molar-refractivity contribution in [3.63, 3.8) is 0 Å². The average Bonchev–Trinajstić information content (AvgIpc) is 2.31. The SMILES string of the molecule is NCCc1ccc(C2(F)CCNCC2)cc1. The molecule has 88 valence electrons. The monoisotopic (exact) mass is 222 g/mol. The summed E-state index contributed by atoms with van der Waals surface area (Å²) in [7, 11) is 0. The van der Waals surface area contributed by atoms with Crippen LogP contribution in [0.15, 0.2) is 24.3 Å². The molecule has 2 nitrogen and oxygen atoms in total. The van der Waals surface area contributed by atoms with Crippen LogP contribution in [0.3, 0.4) is 0 Å². The Hall–Kier alpha value is -0.930. The van der Waals surface area contributed by atoms with Gasteiger partial charge in [-0.2, -0.15) is 0 Å². The lowest BCUT2D eigenvalue weighted by Gasteiger charge is -2.30. The molecule has 1 fully saturated rings. The Labute approximate surface area is 96.0 Å². The molecule has 1 aliphatic rings. The Balaban J connectivity index is 2.13. The zero-order valence-electron chi connectivity index (χ0n) is 9.51. The summed E-state index contributed by atoms with van der Waals surface area (Å²) >= 11 is 0. The van der Waals surface area contributed by atoms with Crippen LogP contribution >= 0.6 is 0 Å². The average molecular weight is 222 g/mol. The quantitative estimate of drug-likeness (QED) is 0.817. The molecule has 3 N–H and O–H groups in total. The third-order valence-electron chi connectivity index (χ3n) is 3.30. The van der Waals surface area contributed by atoms with Crippen LogP contribution in [0.2, 0.25) is 0 Å². The van der Waals surface area contributed by atoms with Gasteiger partial charge >= 0.3 is 0 Å². The molecule has 1 aromatic carbocycles. The minimum absolute atomic E-state index is 0.573. The molecule has 1 saturated heterocycles. The van der Waals surface area contributed by atoms with E-state index in [0.717, 1.165) is 25.1 Å². The fraction of sp³-hybridized carbons (Fsp3) is 0.538. The highest BCUT2D eigenvalue weighted by Crippen LogP contribution is 2.34. The highest BCUT2D eigenvalue weighted by atomic mass is 19.1. The van der Waals surface area contributed by atoms with Crippen molar-refractivity contribution in [3.05, 3.63) is 35.4 Å². The molecule has 0 saturated carbocycles. The smallest absolute Gasteiger partial charge is 0.138 e. The van der Waals surface area contributed by atoms with Gasteiger partial charge in [0.15, 0.2) is 0 Å². The second-order valence-electron chi connectivity index (χ2n) is 4.45. The van der Waals surface area contributed by atoms with Crippen molar-refractivity contribution < 1.29 is 4.39 Å². The third-order valence-corrected chi connectivity index (χ3v) is 3.30. The van der Waals surface area contributed by atoms with E-state index in [-0.39, 0.29) is 0 Å². The van der Waals surface area contributed by atoms with Crippen LogP contribution in [0.5, 0.6) is 0 Å². The Bertz CT molecular complexity index is 328. The molecule has 2 rings (SSSR count). The lowest BCUT2D eigenvalue weighted by molar-refractivity contribution is 0.115. The van der Waals surface area contributed by atoms with Crippen LogP contribution in [-0.4, -0.2) is 19.6 Å². The lowest BCUT2D eigenvalue weighted by Crippen LogP contribution is -2.36. The molecule has 0 aliphatic carbocycles. The van der Waals surface area contributed by atoms with Crippen LogP contribution < -0.4 is 11.1 Å². The molecule has 16 heavy (non-hydrogen) atoms. The van der Waals surface area contributed by atoms with E-state index in [2.05, 4.69) is 5.32 Å². The van der Waals surface area contributed by atoms with Crippen LogP contribution in [0.1, 0.15) is 24.0 Å². The van der Waals surface area contributed by atoms with E-state index in [1.807, 2.05) is 24.3 Å². The van der Waals surface area contributed by atoms with Gasteiger partial charge in [-0.05, 0) is 50.0 Å². The number of alkyl halides is 1.